The number of rotatable bonds is 2. The highest BCUT2D eigenvalue weighted by Crippen LogP contribution is 2.37. The Hall–Kier alpha value is -1.34. The molecule has 1 aliphatic rings. The van der Waals surface area contributed by atoms with Crippen molar-refractivity contribution in [3.63, 3.8) is 0 Å². The fourth-order valence-corrected chi connectivity index (χ4v) is 3.83. The fraction of sp³-hybridized carbons (Fsp3) is 0.286. The van der Waals surface area contributed by atoms with Gasteiger partial charge in [0.1, 0.15) is 5.82 Å². The van der Waals surface area contributed by atoms with Gasteiger partial charge >= 0.3 is 0 Å². The fourth-order valence-electron chi connectivity index (χ4n) is 2.33. The van der Waals surface area contributed by atoms with Crippen molar-refractivity contribution in [3.8, 4) is 0 Å². The number of hydrogen-bond donors (Lipinski definition) is 2. The second kappa shape index (κ2) is 5.81. The number of aromatic nitrogens is 2. The van der Waals surface area contributed by atoms with Crippen LogP contribution < -0.4 is 5.32 Å². The van der Waals surface area contributed by atoms with E-state index in [1.807, 2.05) is 13.0 Å². The van der Waals surface area contributed by atoms with Crippen molar-refractivity contribution in [2.45, 2.75) is 24.3 Å². The SMILES string of the molecule is Cc1[nH]nc(C(=O)NC2CCSc3c(F)cccc32)c1Br. The lowest BCUT2D eigenvalue weighted by Crippen LogP contribution is -2.31. The number of hydrogen-bond acceptors (Lipinski definition) is 3. The van der Waals surface area contributed by atoms with Gasteiger partial charge in [-0.2, -0.15) is 5.10 Å². The van der Waals surface area contributed by atoms with Gasteiger partial charge in [-0.05, 0) is 40.9 Å². The Morgan fingerprint density at radius 2 is 2.38 bits per heavy atom. The lowest BCUT2D eigenvalue weighted by atomic mass is 10.0. The van der Waals surface area contributed by atoms with Crippen molar-refractivity contribution in [2.75, 3.05) is 5.75 Å². The summed E-state index contributed by atoms with van der Waals surface area (Å²) in [4.78, 5) is 12.9. The van der Waals surface area contributed by atoms with E-state index in [2.05, 4.69) is 31.4 Å². The number of aromatic amines is 1. The molecule has 4 nitrogen and oxygen atoms in total. The van der Waals surface area contributed by atoms with Crippen LogP contribution in [0.3, 0.4) is 0 Å². The van der Waals surface area contributed by atoms with Crippen molar-refractivity contribution >= 4 is 33.6 Å². The molecule has 0 bridgehead atoms. The standard InChI is InChI=1S/C14H13BrFN3OS/c1-7-11(15)12(19-18-7)14(20)17-10-5-6-21-13-8(10)3-2-4-9(13)16/h2-4,10H,5-6H2,1H3,(H,17,20)(H,18,19). The summed E-state index contributed by atoms with van der Waals surface area (Å²) in [5.74, 6) is 0.284. The molecule has 0 spiro atoms. The summed E-state index contributed by atoms with van der Waals surface area (Å²) < 4.78 is 14.5. The maximum absolute atomic E-state index is 13.8. The lowest BCUT2D eigenvalue weighted by molar-refractivity contribution is 0.0929. The highest BCUT2D eigenvalue weighted by atomic mass is 79.9. The maximum Gasteiger partial charge on any atom is 0.273 e. The number of fused-ring (bicyclic) bond motifs is 1. The molecule has 1 aromatic heterocycles. The number of carbonyl (C=O) groups is 1. The predicted molar refractivity (Wildman–Crippen MR) is 83.0 cm³/mol. The Bertz CT molecular complexity index is 704. The number of aryl methyl sites for hydroxylation is 1. The summed E-state index contributed by atoms with van der Waals surface area (Å²) in [6.45, 7) is 1.83. The van der Waals surface area contributed by atoms with Gasteiger partial charge in [0, 0.05) is 16.3 Å². The molecule has 0 saturated heterocycles. The van der Waals surface area contributed by atoms with Crippen molar-refractivity contribution in [2.24, 2.45) is 0 Å². The molecular formula is C14H13BrFN3OS. The molecule has 1 unspecified atom stereocenters. The predicted octanol–water partition coefficient (Wildman–Crippen LogP) is 3.59. The first kappa shape index (κ1) is 14.6. The number of nitrogens with one attached hydrogen (secondary N) is 2. The molecular weight excluding hydrogens is 357 g/mol. The number of nitrogens with zero attached hydrogens (tertiary/aromatic N) is 1. The Balaban J connectivity index is 1.85. The minimum Gasteiger partial charge on any atom is -0.344 e. The highest BCUT2D eigenvalue weighted by molar-refractivity contribution is 9.10. The van der Waals surface area contributed by atoms with Crippen LogP contribution in [-0.2, 0) is 0 Å². The minimum atomic E-state index is -0.265. The molecule has 2 heterocycles. The molecule has 1 atom stereocenters. The number of benzene rings is 1. The van der Waals surface area contributed by atoms with Crippen LogP contribution in [0.4, 0.5) is 4.39 Å². The summed E-state index contributed by atoms with van der Waals surface area (Å²) in [5, 5.41) is 9.69. The highest BCUT2D eigenvalue weighted by Gasteiger charge is 2.26. The second-order valence-electron chi connectivity index (χ2n) is 4.83. The van der Waals surface area contributed by atoms with Crippen LogP contribution in [0.5, 0.6) is 0 Å². The van der Waals surface area contributed by atoms with E-state index in [1.165, 1.54) is 17.8 Å². The first-order valence-corrected chi connectivity index (χ1v) is 8.28. The molecule has 110 valence electrons. The van der Waals surface area contributed by atoms with E-state index in [9.17, 15) is 9.18 Å². The third-order valence-electron chi connectivity index (χ3n) is 3.42. The topological polar surface area (TPSA) is 57.8 Å². The van der Waals surface area contributed by atoms with Gasteiger partial charge in [-0.25, -0.2) is 4.39 Å². The van der Waals surface area contributed by atoms with Crippen molar-refractivity contribution in [3.05, 3.63) is 45.4 Å². The minimum absolute atomic E-state index is 0.187. The summed E-state index contributed by atoms with van der Waals surface area (Å²) in [5.41, 5.74) is 1.96. The average molecular weight is 370 g/mol. The van der Waals surface area contributed by atoms with E-state index < -0.39 is 0 Å². The molecule has 2 aromatic rings. The smallest absolute Gasteiger partial charge is 0.273 e. The van der Waals surface area contributed by atoms with Gasteiger partial charge in [0.15, 0.2) is 5.69 Å². The molecule has 3 rings (SSSR count). The van der Waals surface area contributed by atoms with Crippen molar-refractivity contribution in [1.82, 2.24) is 15.5 Å². The normalized spacial score (nSPS) is 17.4. The molecule has 1 aliphatic heterocycles. The Labute approximate surface area is 134 Å². The van der Waals surface area contributed by atoms with Crippen LogP contribution >= 0.6 is 27.7 Å². The summed E-state index contributed by atoms with van der Waals surface area (Å²) >= 11 is 4.83. The first-order chi connectivity index (χ1) is 10.1. The second-order valence-corrected chi connectivity index (χ2v) is 6.73. The van der Waals surface area contributed by atoms with E-state index in [1.54, 1.807) is 6.07 Å². The van der Waals surface area contributed by atoms with E-state index in [0.29, 0.717) is 15.1 Å². The third-order valence-corrected chi connectivity index (χ3v) is 5.55. The van der Waals surface area contributed by atoms with Gasteiger partial charge in [-0.3, -0.25) is 9.89 Å². The first-order valence-electron chi connectivity index (χ1n) is 6.50. The third kappa shape index (κ3) is 2.72. The van der Waals surface area contributed by atoms with E-state index >= 15 is 0 Å². The van der Waals surface area contributed by atoms with Gasteiger partial charge in [0.05, 0.1) is 10.5 Å². The van der Waals surface area contributed by atoms with Crippen LogP contribution in [0.25, 0.3) is 0 Å². The van der Waals surface area contributed by atoms with Gasteiger partial charge in [0.2, 0.25) is 0 Å². The van der Waals surface area contributed by atoms with Crippen LogP contribution in [0.1, 0.15) is 34.2 Å². The van der Waals surface area contributed by atoms with E-state index in [0.717, 1.165) is 23.4 Å². The van der Waals surface area contributed by atoms with Crippen LogP contribution in [0.2, 0.25) is 0 Å². The van der Waals surface area contributed by atoms with E-state index in [-0.39, 0.29) is 17.8 Å². The quantitative estimate of drug-likeness (QED) is 0.850. The molecule has 0 radical (unpaired) electrons. The number of amides is 1. The number of thioether (sulfide) groups is 1. The number of H-pyrrole nitrogens is 1. The largest absolute Gasteiger partial charge is 0.344 e. The maximum atomic E-state index is 13.8. The summed E-state index contributed by atoms with van der Waals surface area (Å²) in [7, 11) is 0. The molecule has 0 saturated carbocycles. The Kier molecular flexibility index (Phi) is 4.03. The van der Waals surface area contributed by atoms with Crippen molar-refractivity contribution < 1.29 is 9.18 Å². The van der Waals surface area contributed by atoms with Crippen LogP contribution in [-0.4, -0.2) is 21.9 Å². The van der Waals surface area contributed by atoms with Crippen LogP contribution in [0.15, 0.2) is 27.6 Å². The van der Waals surface area contributed by atoms with Gasteiger partial charge in [-0.1, -0.05) is 12.1 Å². The van der Waals surface area contributed by atoms with Crippen molar-refractivity contribution in [1.29, 1.82) is 0 Å². The molecule has 1 aromatic carbocycles. The molecule has 2 N–H and O–H groups in total. The molecule has 21 heavy (non-hydrogen) atoms. The summed E-state index contributed by atoms with van der Waals surface area (Å²) in [6, 6.07) is 4.80. The summed E-state index contributed by atoms with van der Waals surface area (Å²) in [6.07, 6.45) is 0.772. The Morgan fingerprint density at radius 3 is 3.10 bits per heavy atom. The molecule has 0 aliphatic carbocycles. The molecule has 1 amide bonds. The Morgan fingerprint density at radius 1 is 1.57 bits per heavy atom. The zero-order valence-electron chi connectivity index (χ0n) is 11.2. The monoisotopic (exact) mass is 369 g/mol. The van der Waals surface area contributed by atoms with Gasteiger partial charge in [0.25, 0.3) is 5.91 Å². The van der Waals surface area contributed by atoms with Gasteiger partial charge in [-0.15, -0.1) is 11.8 Å². The van der Waals surface area contributed by atoms with Gasteiger partial charge < -0.3 is 5.32 Å². The average Bonchev–Trinajstić information content (AvgIpc) is 2.80. The number of halogens is 2. The van der Waals surface area contributed by atoms with E-state index in [4.69, 9.17) is 0 Å². The molecule has 0 fully saturated rings. The lowest BCUT2D eigenvalue weighted by Gasteiger charge is -2.25. The number of carbonyl (C=O) groups excluding carboxylic acids is 1. The molecule has 7 heteroatoms. The zero-order valence-corrected chi connectivity index (χ0v) is 13.6. The van der Waals surface area contributed by atoms with Crippen LogP contribution in [0, 0.1) is 12.7 Å². The zero-order chi connectivity index (χ0) is 15.0.